The molecule has 0 radical (unpaired) electrons. The number of fused-ring (bicyclic) bond motifs is 4. The molecule has 3 saturated heterocycles. The second-order valence-corrected chi connectivity index (χ2v) is 9.07. The summed E-state index contributed by atoms with van der Waals surface area (Å²) in [5.74, 6) is 3.05. The normalized spacial score (nSPS) is 28.0. The van der Waals surface area contributed by atoms with Crippen LogP contribution in [0.3, 0.4) is 0 Å². The number of piperidine rings is 3. The number of hydrogen-bond donors (Lipinski definition) is 1. The molecule has 0 spiro atoms. The molecule has 3 aliphatic heterocycles. The zero-order valence-corrected chi connectivity index (χ0v) is 17.5. The highest BCUT2D eigenvalue weighted by Crippen LogP contribution is 2.42. The molecular weight excluding hydrogens is 348 g/mol. The maximum atomic E-state index is 11.4. The van der Waals surface area contributed by atoms with Crippen LogP contribution < -0.4 is 4.74 Å². The third kappa shape index (κ3) is 3.90. The van der Waals surface area contributed by atoms with Crippen LogP contribution in [0.1, 0.15) is 58.1 Å². The van der Waals surface area contributed by atoms with Gasteiger partial charge in [0, 0.05) is 24.2 Å². The van der Waals surface area contributed by atoms with Crippen molar-refractivity contribution in [3.63, 3.8) is 0 Å². The first kappa shape index (κ1) is 19.7. The Morgan fingerprint density at radius 1 is 1.29 bits per heavy atom. The number of aliphatic hydroxyl groups excluding tert-OH is 1. The second-order valence-electron chi connectivity index (χ2n) is 9.07. The molecular formula is C24H34N2O2. The lowest BCUT2D eigenvalue weighted by Gasteiger charge is -2.51. The minimum atomic E-state index is -0.475. The van der Waals surface area contributed by atoms with E-state index in [1.807, 2.05) is 24.4 Å². The second kappa shape index (κ2) is 8.38. The van der Waals surface area contributed by atoms with Crippen LogP contribution in [0, 0.1) is 17.8 Å². The van der Waals surface area contributed by atoms with Crippen molar-refractivity contribution in [2.75, 3.05) is 19.7 Å². The van der Waals surface area contributed by atoms with E-state index in [9.17, 15) is 5.11 Å². The van der Waals surface area contributed by atoms with Crippen molar-refractivity contribution in [2.45, 2.75) is 58.6 Å². The lowest BCUT2D eigenvalue weighted by molar-refractivity contribution is -0.0562. The number of benzene rings is 1. The molecule has 2 aromatic rings. The van der Waals surface area contributed by atoms with Gasteiger partial charge < -0.3 is 9.84 Å². The first-order valence-electron chi connectivity index (χ1n) is 11.0. The molecule has 4 heteroatoms. The molecule has 4 heterocycles. The molecule has 1 aromatic carbocycles. The van der Waals surface area contributed by atoms with E-state index in [1.165, 1.54) is 12.8 Å². The summed E-state index contributed by atoms with van der Waals surface area (Å²) in [4.78, 5) is 7.03. The Labute approximate surface area is 168 Å². The first-order valence-corrected chi connectivity index (χ1v) is 11.0. The Morgan fingerprint density at radius 2 is 2.14 bits per heavy atom. The largest absolute Gasteiger partial charge is 0.494 e. The number of rotatable bonds is 7. The minimum absolute atomic E-state index is 0.220. The highest BCUT2D eigenvalue weighted by Gasteiger charge is 2.42. The van der Waals surface area contributed by atoms with Crippen molar-refractivity contribution in [2.24, 2.45) is 17.8 Å². The molecule has 0 amide bonds. The van der Waals surface area contributed by atoms with Crippen LogP contribution in [-0.2, 0) is 0 Å². The number of aliphatic hydroxyl groups is 1. The van der Waals surface area contributed by atoms with E-state index in [4.69, 9.17) is 4.74 Å². The molecule has 28 heavy (non-hydrogen) atoms. The SMILES string of the molecule is CC[C@H]1C[N@]2CC[C@H]1C[C@H]2[C@H](O)c1ccnc2ccc(OCCC(C)C)cc12. The van der Waals surface area contributed by atoms with Gasteiger partial charge in [-0.05, 0) is 73.4 Å². The van der Waals surface area contributed by atoms with Gasteiger partial charge in [0.25, 0.3) is 0 Å². The van der Waals surface area contributed by atoms with Gasteiger partial charge in [-0.3, -0.25) is 9.88 Å². The first-order chi connectivity index (χ1) is 13.6. The smallest absolute Gasteiger partial charge is 0.120 e. The Hall–Kier alpha value is -1.65. The number of hydrogen-bond acceptors (Lipinski definition) is 4. The van der Waals surface area contributed by atoms with Crippen LogP contribution in [-0.4, -0.2) is 40.7 Å². The van der Waals surface area contributed by atoms with Crippen LogP contribution in [0.15, 0.2) is 30.5 Å². The standard InChI is InChI=1S/C24H34N2O2/c1-4-17-15-26-11-8-18(17)13-23(26)24(27)20-7-10-25-22-6-5-19(14-21(20)22)28-12-9-16(2)3/h5-7,10,14,16-18,23-24,27H,4,8-9,11-13,15H2,1-3H3/t17-,18-,23-,24+/m0/s1. The van der Waals surface area contributed by atoms with E-state index in [2.05, 4.69) is 36.7 Å². The van der Waals surface area contributed by atoms with Crippen LogP contribution in [0.25, 0.3) is 10.9 Å². The van der Waals surface area contributed by atoms with Gasteiger partial charge in [0.1, 0.15) is 5.75 Å². The quantitative estimate of drug-likeness (QED) is 0.746. The monoisotopic (exact) mass is 382 g/mol. The number of ether oxygens (including phenoxy) is 1. The van der Waals surface area contributed by atoms with E-state index < -0.39 is 6.10 Å². The van der Waals surface area contributed by atoms with Gasteiger partial charge in [0.15, 0.2) is 0 Å². The zero-order valence-electron chi connectivity index (χ0n) is 17.5. The van der Waals surface area contributed by atoms with E-state index in [0.717, 1.165) is 66.6 Å². The van der Waals surface area contributed by atoms with Crippen molar-refractivity contribution in [3.8, 4) is 5.75 Å². The fourth-order valence-electron chi connectivity index (χ4n) is 5.08. The van der Waals surface area contributed by atoms with Gasteiger partial charge in [-0.1, -0.05) is 27.2 Å². The third-order valence-electron chi connectivity index (χ3n) is 6.85. The highest BCUT2D eigenvalue weighted by molar-refractivity contribution is 5.84. The van der Waals surface area contributed by atoms with Crippen LogP contribution in [0.2, 0.25) is 0 Å². The Balaban J connectivity index is 1.57. The van der Waals surface area contributed by atoms with Crippen molar-refractivity contribution >= 4 is 10.9 Å². The third-order valence-corrected chi connectivity index (χ3v) is 6.85. The summed E-state index contributed by atoms with van der Waals surface area (Å²) in [5.41, 5.74) is 1.92. The minimum Gasteiger partial charge on any atom is -0.494 e. The summed E-state index contributed by atoms with van der Waals surface area (Å²) in [5, 5.41) is 12.4. The average Bonchev–Trinajstić information content (AvgIpc) is 2.72. The fraction of sp³-hybridized carbons (Fsp3) is 0.625. The van der Waals surface area contributed by atoms with Gasteiger partial charge in [-0.15, -0.1) is 0 Å². The molecule has 5 rings (SSSR count). The molecule has 5 atom stereocenters. The summed E-state index contributed by atoms with van der Waals surface area (Å²) < 4.78 is 5.96. The number of aromatic nitrogens is 1. The van der Waals surface area contributed by atoms with Gasteiger partial charge in [0.2, 0.25) is 0 Å². The Morgan fingerprint density at radius 3 is 2.86 bits per heavy atom. The lowest BCUT2D eigenvalue weighted by Crippen LogP contribution is -2.55. The summed E-state index contributed by atoms with van der Waals surface area (Å²) in [6, 6.07) is 8.27. The molecule has 1 N–H and O–H groups in total. The fourth-order valence-corrected chi connectivity index (χ4v) is 5.08. The van der Waals surface area contributed by atoms with Crippen molar-refractivity contribution in [3.05, 3.63) is 36.0 Å². The highest BCUT2D eigenvalue weighted by atomic mass is 16.5. The summed E-state index contributed by atoms with van der Waals surface area (Å²) in [7, 11) is 0. The molecule has 3 aliphatic rings. The Kier molecular flexibility index (Phi) is 5.88. The molecule has 4 nitrogen and oxygen atoms in total. The van der Waals surface area contributed by atoms with Crippen molar-refractivity contribution in [1.29, 1.82) is 0 Å². The van der Waals surface area contributed by atoms with Gasteiger partial charge in [-0.25, -0.2) is 0 Å². The van der Waals surface area contributed by atoms with Gasteiger partial charge in [0.05, 0.1) is 18.2 Å². The van der Waals surface area contributed by atoms with Crippen molar-refractivity contribution < 1.29 is 9.84 Å². The number of nitrogens with zero attached hydrogens (tertiary/aromatic N) is 2. The predicted octanol–water partition coefficient (Wildman–Crippen LogP) is 4.81. The van der Waals surface area contributed by atoms with Gasteiger partial charge in [-0.2, -0.15) is 0 Å². The maximum absolute atomic E-state index is 11.4. The van der Waals surface area contributed by atoms with Crippen LogP contribution in [0.4, 0.5) is 0 Å². The van der Waals surface area contributed by atoms with E-state index >= 15 is 0 Å². The summed E-state index contributed by atoms with van der Waals surface area (Å²) in [6.45, 7) is 9.69. The molecule has 0 unspecified atom stereocenters. The molecule has 1 aromatic heterocycles. The maximum Gasteiger partial charge on any atom is 0.120 e. The van der Waals surface area contributed by atoms with Crippen LogP contribution in [0.5, 0.6) is 5.75 Å². The lowest BCUT2D eigenvalue weighted by atomic mass is 9.72. The molecule has 3 fully saturated rings. The van der Waals surface area contributed by atoms with E-state index in [1.54, 1.807) is 0 Å². The van der Waals surface area contributed by atoms with Crippen LogP contribution >= 0.6 is 0 Å². The summed E-state index contributed by atoms with van der Waals surface area (Å²) in [6.07, 6.45) is 6.03. The molecule has 152 valence electrons. The Bertz CT molecular complexity index is 806. The zero-order chi connectivity index (χ0) is 19.7. The topological polar surface area (TPSA) is 45.6 Å². The molecule has 0 aliphatic carbocycles. The predicted molar refractivity (Wildman–Crippen MR) is 114 cm³/mol. The molecule has 2 bridgehead atoms. The van der Waals surface area contributed by atoms with E-state index in [-0.39, 0.29) is 6.04 Å². The van der Waals surface area contributed by atoms with E-state index in [0.29, 0.717) is 5.92 Å². The molecule has 0 saturated carbocycles. The summed E-state index contributed by atoms with van der Waals surface area (Å²) >= 11 is 0. The van der Waals surface area contributed by atoms with Gasteiger partial charge >= 0.3 is 0 Å². The van der Waals surface area contributed by atoms with Crippen molar-refractivity contribution in [1.82, 2.24) is 9.88 Å². The average molecular weight is 383 g/mol. The number of pyridine rings is 1.